The number of rotatable bonds is 4. The van der Waals surface area contributed by atoms with E-state index in [0.717, 1.165) is 25.8 Å². The van der Waals surface area contributed by atoms with Gasteiger partial charge >= 0.3 is 0 Å². The number of amides is 1. The molecule has 1 aliphatic heterocycles. The largest absolute Gasteiger partial charge is 0.398 e. The average molecular weight is 263 g/mol. The zero-order valence-corrected chi connectivity index (χ0v) is 11.3. The molecule has 1 unspecified atom stereocenters. The fraction of sp³-hybridized carbons (Fsp3) is 0.571. The number of nitrogens with two attached hydrogens (primary N) is 1. The van der Waals surface area contributed by atoms with Gasteiger partial charge in [0.15, 0.2) is 0 Å². The van der Waals surface area contributed by atoms with Gasteiger partial charge in [0.2, 0.25) is 5.91 Å². The Kier molecular flexibility index (Phi) is 4.24. The SMILES string of the molecule is CC1CCCN(CCCn2cc(N)ccc2=O)C1=O. The van der Waals surface area contributed by atoms with E-state index >= 15 is 0 Å². The van der Waals surface area contributed by atoms with E-state index in [4.69, 9.17) is 5.73 Å². The highest BCUT2D eigenvalue weighted by Crippen LogP contribution is 2.17. The summed E-state index contributed by atoms with van der Waals surface area (Å²) in [4.78, 5) is 25.4. The second-order valence-corrected chi connectivity index (χ2v) is 5.22. The highest BCUT2D eigenvalue weighted by atomic mass is 16.2. The minimum atomic E-state index is -0.0486. The van der Waals surface area contributed by atoms with Gasteiger partial charge in [-0.1, -0.05) is 6.92 Å². The monoisotopic (exact) mass is 263 g/mol. The first-order valence-corrected chi connectivity index (χ1v) is 6.82. The van der Waals surface area contributed by atoms with Crippen molar-refractivity contribution in [3.8, 4) is 0 Å². The second kappa shape index (κ2) is 5.91. The molecule has 0 saturated carbocycles. The van der Waals surface area contributed by atoms with Gasteiger partial charge in [0.05, 0.1) is 0 Å². The molecule has 5 nitrogen and oxygen atoms in total. The molecule has 1 atom stereocenters. The number of nitrogen functional groups attached to an aromatic ring is 1. The van der Waals surface area contributed by atoms with Crippen molar-refractivity contribution in [2.24, 2.45) is 5.92 Å². The number of aryl methyl sites for hydroxylation is 1. The Morgan fingerprint density at radius 3 is 2.89 bits per heavy atom. The van der Waals surface area contributed by atoms with E-state index in [9.17, 15) is 9.59 Å². The lowest BCUT2D eigenvalue weighted by Gasteiger charge is -2.30. The molecule has 1 aromatic rings. The minimum Gasteiger partial charge on any atom is -0.398 e. The first-order chi connectivity index (χ1) is 9.08. The van der Waals surface area contributed by atoms with Crippen molar-refractivity contribution in [2.45, 2.75) is 32.7 Å². The van der Waals surface area contributed by atoms with Crippen LogP contribution in [0.15, 0.2) is 23.1 Å². The zero-order chi connectivity index (χ0) is 13.8. The van der Waals surface area contributed by atoms with E-state index in [1.807, 2.05) is 11.8 Å². The molecular weight excluding hydrogens is 242 g/mol. The Labute approximate surface area is 113 Å². The predicted molar refractivity (Wildman–Crippen MR) is 74.7 cm³/mol. The summed E-state index contributed by atoms with van der Waals surface area (Å²) < 4.78 is 1.60. The molecule has 5 heteroatoms. The number of hydrogen-bond donors (Lipinski definition) is 1. The molecule has 2 rings (SSSR count). The molecule has 1 saturated heterocycles. The highest BCUT2D eigenvalue weighted by Gasteiger charge is 2.24. The van der Waals surface area contributed by atoms with E-state index in [1.165, 1.54) is 6.07 Å². The number of piperidine rings is 1. The molecule has 0 spiro atoms. The number of hydrogen-bond acceptors (Lipinski definition) is 3. The summed E-state index contributed by atoms with van der Waals surface area (Å²) in [6.45, 7) is 4.14. The lowest BCUT2D eigenvalue weighted by atomic mass is 9.99. The summed E-state index contributed by atoms with van der Waals surface area (Å²) in [7, 11) is 0. The number of carbonyl (C=O) groups excluding carboxylic acids is 1. The first kappa shape index (κ1) is 13.6. The summed E-state index contributed by atoms with van der Waals surface area (Å²) in [5, 5.41) is 0. The number of carbonyl (C=O) groups is 1. The van der Waals surface area contributed by atoms with E-state index in [1.54, 1.807) is 16.8 Å². The fourth-order valence-electron chi connectivity index (χ4n) is 2.51. The third-order valence-electron chi connectivity index (χ3n) is 3.63. The van der Waals surface area contributed by atoms with Crippen LogP contribution in [0, 0.1) is 5.92 Å². The lowest BCUT2D eigenvalue weighted by molar-refractivity contribution is -0.137. The van der Waals surface area contributed by atoms with Crippen molar-refractivity contribution in [1.82, 2.24) is 9.47 Å². The van der Waals surface area contributed by atoms with Crippen molar-refractivity contribution >= 4 is 11.6 Å². The number of anilines is 1. The van der Waals surface area contributed by atoms with Crippen molar-refractivity contribution < 1.29 is 4.79 Å². The Morgan fingerprint density at radius 1 is 1.32 bits per heavy atom. The minimum absolute atomic E-state index is 0.0486. The maximum Gasteiger partial charge on any atom is 0.250 e. The van der Waals surface area contributed by atoms with Crippen LogP contribution in [0.3, 0.4) is 0 Å². The van der Waals surface area contributed by atoms with Crippen LogP contribution in [-0.4, -0.2) is 28.5 Å². The third-order valence-corrected chi connectivity index (χ3v) is 3.63. The molecule has 1 fully saturated rings. The molecule has 0 bridgehead atoms. The molecule has 1 aliphatic rings. The average Bonchev–Trinajstić information content (AvgIpc) is 2.38. The van der Waals surface area contributed by atoms with E-state index in [-0.39, 0.29) is 17.4 Å². The van der Waals surface area contributed by atoms with Gasteiger partial charge < -0.3 is 15.2 Å². The van der Waals surface area contributed by atoms with E-state index in [0.29, 0.717) is 18.8 Å². The number of aromatic nitrogens is 1. The predicted octanol–water partition coefficient (Wildman–Crippen LogP) is 1.08. The van der Waals surface area contributed by atoms with Crippen molar-refractivity contribution in [3.05, 3.63) is 28.7 Å². The van der Waals surface area contributed by atoms with Crippen LogP contribution in [-0.2, 0) is 11.3 Å². The molecule has 19 heavy (non-hydrogen) atoms. The molecule has 1 aromatic heterocycles. The van der Waals surface area contributed by atoms with Gasteiger partial charge in [0.25, 0.3) is 5.56 Å². The van der Waals surface area contributed by atoms with Crippen LogP contribution < -0.4 is 11.3 Å². The van der Waals surface area contributed by atoms with Crippen LogP contribution in [0.4, 0.5) is 5.69 Å². The van der Waals surface area contributed by atoms with Crippen molar-refractivity contribution in [1.29, 1.82) is 0 Å². The summed E-state index contributed by atoms with van der Waals surface area (Å²) >= 11 is 0. The fourth-order valence-corrected chi connectivity index (χ4v) is 2.51. The van der Waals surface area contributed by atoms with Crippen molar-refractivity contribution in [3.63, 3.8) is 0 Å². The van der Waals surface area contributed by atoms with Gasteiger partial charge in [0, 0.05) is 43.5 Å². The number of pyridine rings is 1. The van der Waals surface area contributed by atoms with Gasteiger partial charge in [-0.25, -0.2) is 0 Å². The Bertz CT molecular complexity index is 510. The lowest BCUT2D eigenvalue weighted by Crippen LogP contribution is -2.41. The van der Waals surface area contributed by atoms with E-state index in [2.05, 4.69) is 0 Å². The topological polar surface area (TPSA) is 68.3 Å². The molecule has 1 amide bonds. The Morgan fingerprint density at radius 2 is 2.11 bits per heavy atom. The molecule has 2 N–H and O–H groups in total. The third kappa shape index (κ3) is 3.36. The van der Waals surface area contributed by atoms with Gasteiger partial charge in [-0.05, 0) is 25.3 Å². The maximum absolute atomic E-state index is 11.9. The molecular formula is C14H21N3O2. The Hall–Kier alpha value is -1.78. The maximum atomic E-state index is 11.9. The van der Waals surface area contributed by atoms with E-state index < -0.39 is 0 Å². The number of likely N-dealkylation sites (tertiary alicyclic amines) is 1. The molecule has 0 radical (unpaired) electrons. The molecule has 0 aliphatic carbocycles. The zero-order valence-electron chi connectivity index (χ0n) is 11.3. The number of nitrogens with zero attached hydrogens (tertiary/aromatic N) is 2. The standard InChI is InChI=1S/C14H21N3O2/c1-11-4-2-7-16(14(11)19)8-3-9-17-10-12(15)5-6-13(17)18/h5-6,10-11H,2-4,7-9,15H2,1H3. The first-order valence-electron chi connectivity index (χ1n) is 6.82. The van der Waals surface area contributed by atoms with Gasteiger partial charge in [0.1, 0.15) is 0 Å². The Balaban J connectivity index is 1.88. The summed E-state index contributed by atoms with van der Waals surface area (Å²) in [5.74, 6) is 0.384. The van der Waals surface area contributed by atoms with Crippen LogP contribution in [0.1, 0.15) is 26.2 Å². The molecule has 104 valence electrons. The van der Waals surface area contributed by atoms with Gasteiger partial charge in [-0.2, -0.15) is 0 Å². The second-order valence-electron chi connectivity index (χ2n) is 5.22. The molecule has 2 heterocycles. The van der Waals surface area contributed by atoms with Crippen LogP contribution in [0.25, 0.3) is 0 Å². The van der Waals surface area contributed by atoms with Crippen LogP contribution >= 0.6 is 0 Å². The summed E-state index contributed by atoms with van der Waals surface area (Å²) in [6, 6.07) is 3.08. The van der Waals surface area contributed by atoms with Crippen LogP contribution in [0.5, 0.6) is 0 Å². The smallest absolute Gasteiger partial charge is 0.250 e. The van der Waals surface area contributed by atoms with Crippen LogP contribution in [0.2, 0.25) is 0 Å². The van der Waals surface area contributed by atoms with Gasteiger partial charge in [-0.3, -0.25) is 9.59 Å². The molecule has 0 aromatic carbocycles. The van der Waals surface area contributed by atoms with Gasteiger partial charge in [-0.15, -0.1) is 0 Å². The quantitative estimate of drug-likeness (QED) is 0.883. The van der Waals surface area contributed by atoms with Crippen molar-refractivity contribution in [2.75, 3.05) is 18.8 Å². The highest BCUT2D eigenvalue weighted by molar-refractivity contribution is 5.79. The normalized spacial score (nSPS) is 19.7. The summed E-state index contributed by atoms with van der Waals surface area (Å²) in [6.07, 6.45) is 4.50. The summed E-state index contributed by atoms with van der Waals surface area (Å²) in [5.41, 5.74) is 6.19.